The molecule has 0 fully saturated rings. The van der Waals surface area contributed by atoms with E-state index in [0.717, 1.165) is 6.54 Å². The van der Waals surface area contributed by atoms with E-state index in [1.54, 1.807) is 0 Å². The van der Waals surface area contributed by atoms with Gasteiger partial charge in [-0.1, -0.05) is 11.3 Å². The molecule has 0 radical (unpaired) electrons. The van der Waals surface area contributed by atoms with Gasteiger partial charge in [0, 0.05) is 13.8 Å². The second-order valence-corrected chi connectivity index (χ2v) is 3.20. The molecule has 10 heavy (non-hydrogen) atoms. The summed E-state index contributed by atoms with van der Waals surface area (Å²) in [6.07, 6.45) is 0. The molecule has 0 spiro atoms. The summed E-state index contributed by atoms with van der Waals surface area (Å²) in [5.74, 6) is 0. The van der Waals surface area contributed by atoms with Crippen LogP contribution in [0.5, 0.6) is 0 Å². The number of rotatable bonds is 1. The third kappa shape index (κ3) is 1.92. The Labute approximate surface area is 83.1 Å². The minimum absolute atomic E-state index is 0. The highest BCUT2D eigenvalue weighted by atomic mass is 127. The van der Waals surface area contributed by atoms with E-state index in [1.807, 2.05) is 11.3 Å². The predicted molar refractivity (Wildman–Crippen MR) is 39.7 cm³/mol. The van der Waals surface area contributed by atoms with E-state index in [0.29, 0.717) is 0 Å². The van der Waals surface area contributed by atoms with Crippen molar-refractivity contribution in [1.82, 2.24) is 0 Å². The van der Waals surface area contributed by atoms with Crippen molar-refractivity contribution in [3.8, 4) is 0 Å². The highest BCUT2D eigenvalue weighted by Gasteiger charge is 2.08. The fourth-order valence-corrected chi connectivity index (χ4v) is 1.89. The first-order valence-corrected chi connectivity index (χ1v) is 4.08. The van der Waals surface area contributed by atoms with Gasteiger partial charge in [-0.15, -0.1) is 0 Å². The third-order valence-corrected chi connectivity index (χ3v) is 2.54. The van der Waals surface area contributed by atoms with Crippen LogP contribution in [0.25, 0.3) is 0 Å². The molecule has 0 aliphatic heterocycles. The van der Waals surface area contributed by atoms with Gasteiger partial charge in [0.05, 0.1) is 5.38 Å². The molecule has 0 atom stereocenters. The Morgan fingerprint density at radius 3 is 2.30 bits per heavy atom. The molecule has 0 bridgehead atoms. The number of hydrogen-bond donors (Lipinski definition) is 0. The number of aromatic nitrogens is 1. The first-order valence-electron chi connectivity index (χ1n) is 3.20. The van der Waals surface area contributed by atoms with Crippen molar-refractivity contribution in [1.29, 1.82) is 0 Å². The molecule has 0 aromatic carbocycles. The highest BCUT2D eigenvalue weighted by Crippen LogP contribution is 2.03. The molecule has 0 N–H and O–H groups in total. The Bertz CT molecular complexity index is 188. The van der Waals surface area contributed by atoms with Gasteiger partial charge >= 0.3 is 0 Å². The van der Waals surface area contributed by atoms with Crippen LogP contribution in [0.2, 0.25) is 0 Å². The van der Waals surface area contributed by atoms with Crippen molar-refractivity contribution in [2.45, 2.75) is 27.3 Å². The van der Waals surface area contributed by atoms with Crippen molar-refractivity contribution in [2.24, 2.45) is 0 Å². The lowest BCUT2D eigenvalue weighted by Gasteiger charge is -1.88. The fraction of sp³-hybridized carbons (Fsp3) is 0.571. The van der Waals surface area contributed by atoms with E-state index in [4.69, 9.17) is 0 Å². The average molecular weight is 269 g/mol. The normalized spacial score (nSPS) is 9.10. The van der Waals surface area contributed by atoms with Crippen LogP contribution in [0, 0.1) is 13.8 Å². The summed E-state index contributed by atoms with van der Waals surface area (Å²) in [6, 6.07) is 0. The van der Waals surface area contributed by atoms with Gasteiger partial charge in [0.1, 0.15) is 6.54 Å². The van der Waals surface area contributed by atoms with Crippen LogP contribution >= 0.6 is 11.3 Å². The zero-order chi connectivity index (χ0) is 6.85. The average Bonchev–Trinajstić information content (AvgIpc) is 2.12. The maximum absolute atomic E-state index is 2.31. The standard InChI is InChI=1S/C7H12NS.HI/c1-4-8-6(2)5-9-7(8)3;/h5H,4H2,1-3H3;1H/q+1;/p-1. The van der Waals surface area contributed by atoms with Gasteiger partial charge in [-0.3, -0.25) is 0 Å². The van der Waals surface area contributed by atoms with Gasteiger partial charge in [0.15, 0.2) is 5.69 Å². The molecular weight excluding hydrogens is 257 g/mol. The molecule has 0 saturated carbocycles. The van der Waals surface area contributed by atoms with Crippen molar-refractivity contribution < 1.29 is 28.5 Å². The molecule has 0 amide bonds. The van der Waals surface area contributed by atoms with Crippen LogP contribution in [-0.4, -0.2) is 0 Å². The van der Waals surface area contributed by atoms with Crippen molar-refractivity contribution in [2.75, 3.05) is 0 Å². The summed E-state index contributed by atoms with van der Waals surface area (Å²) in [5.41, 5.74) is 1.38. The topological polar surface area (TPSA) is 3.88 Å². The van der Waals surface area contributed by atoms with E-state index in [-0.39, 0.29) is 24.0 Å². The van der Waals surface area contributed by atoms with E-state index in [1.165, 1.54) is 10.7 Å². The van der Waals surface area contributed by atoms with Gasteiger partial charge in [-0.05, 0) is 6.92 Å². The van der Waals surface area contributed by atoms with E-state index < -0.39 is 0 Å². The third-order valence-electron chi connectivity index (χ3n) is 1.52. The Kier molecular flexibility index (Phi) is 4.44. The number of halogens is 1. The van der Waals surface area contributed by atoms with Crippen LogP contribution in [0.3, 0.4) is 0 Å². The number of aryl methyl sites for hydroxylation is 2. The first-order chi connectivity index (χ1) is 4.25. The lowest BCUT2D eigenvalue weighted by molar-refractivity contribution is -0.700. The molecular formula is C7H12INS. The van der Waals surface area contributed by atoms with E-state index in [2.05, 4.69) is 30.7 Å². The smallest absolute Gasteiger partial charge is 0.234 e. The number of nitrogens with zero attached hydrogens (tertiary/aromatic N) is 1. The maximum atomic E-state index is 2.31. The molecule has 0 saturated heterocycles. The summed E-state index contributed by atoms with van der Waals surface area (Å²) < 4.78 is 2.31. The molecule has 1 aromatic heterocycles. The van der Waals surface area contributed by atoms with Crippen molar-refractivity contribution >= 4 is 11.3 Å². The summed E-state index contributed by atoms with van der Waals surface area (Å²) in [7, 11) is 0. The summed E-state index contributed by atoms with van der Waals surface area (Å²) in [4.78, 5) is 0. The van der Waals surface area contributed by atoms with Crippen LogP contribution in [-0.2, 0) is 6.54 Å². The lowest BCUT2D eigenvalue weighted by atomic mass is 10.5. The second-order valence-electron chi connectivity index (χ2n) is 2.14. The minimum Gasteiger partial charge on any atom is -1.00 e. The molecule has 58 valence electrons. The molecule has 1 aromatic rings. The fourth-order valence-electron chi connectivity index (χ4n) is 1.02. The quantitative estimate of drug-likeness (QED) is 0.440. The largest absolute Gasteiger partial charge is 1.00 e. The van der Waals surface area contributed by atoms with Crippen molar-refractivity contribution in [3.05, 3.63) is 16.1 Å². The SMILES string of the molecule is CC[n+]1c(C)csc1C.[I-]. The monoisotopic (exact) mass is 269 g/mol. The van der Waals surface area contributed by atoms with Crippen LogP contribution in [0.1, 0.15) is 17.6 Å². The van der Waals surface area contributed by atoms with E-state index >= 15 is 0 Å². The van der Waals surface area contributed by atoms with Gasteiger partial charge < -0.3 is 24.0 Å². The zero-order valence-corrected chi connectivity index (χ0v) is 9.49. The van der Waals surface area contributed by atoms with Gasteiger partial charge in [0.25, 0.3) is 0 Å². The van der Waals surface area contributed by atoms with E-state index in [9.17, 15) is 0 Å². The second kappa shape index (κ2) is 4.28. The molecule has 1 rings (SSSR count). The Morgan fingerprint density at radius 1 is 1.50 bits per heavy atom. The maximum Gasteiger partial charge on any atom is 0.234 e. The van der Waals surface area contributed by atoms with Crippen LogP contribution < -0.4 is 28.5 Å². The Morgan fingerprint density at radius 2 is 2.10 bits per heavy atom. The Balaban J connectivity index is 0.000000810. The van der Waals surface area contributed by atoms with Gasteiger partial charge in [0.2, 0.25) is 5.01 Å². The van der Waals surface area contributed by atoms with Crippen LogP contribution in [0.4, 0.5) is 0 Å². The highest BCUT2D eigenvalue weighted by molar-refractivity contribution is 7.09. The lowest BCUT2D eigenvalue weighted by Crippen LogP contribution is -3.00. The van der Waals surface area contributed by atoms with Gasteiger partial charge in [-0.25, -0.2) is 0 Å². The molecule has 3 heteroatoms. The van der Waals surface area contributed by atoms with Crippen LogP contribution in [0.15, 0.2) is 5.38 Å². The predicted octanol–water partition coefficient (Wildman–Crippen LogP) is -1.32. The molecule has 1 nitrogen and oxygen atoms in total. The van der Waals surface area contributed by atoms with Gasteiger partial charge in [-0.2, -0.15) is 4.57 Å². The molecule has 0 aliphatic rings. The summed E-state index contributed by atoms with van der Waals surface area (Å²) in [5, 5.41) is 3.59. The summed E-state index contributed by atoms with van der Waals surface area (Å²) >= 11 is 1.82. The molecule has 0 unspecified atom stereocenters. The number of thiazole rings is 1. The molecule has 1 heterocycles. The molecule has 0 aliphatic carbocycles. The minimum atomic E-state index is 0. The summed E-state index contributed by atoms with van der Waals surface area (Å²) in [6.45, 7) is 7.57. The van der Waals surface area contributed by atoms with Crippen molar-refractivity contribution in [3.63, 3.8) is 0 Å². The number of hydrogen-bond acceptors (Lipinski definition) is 1. The Hall–Kier alpha value is 0.360. The zero-order valence-electron chi connectivity index (χ0n) is 6.52. The first kappa shape index (κ1) is 10.4.